The van der Waals surface area contributed by atoms with E-state index in [0.717, 1.165) is 16.7 Å². The molecule has 1 heterocycles. The van der Waals surface area contributed by atoms with Crippen LogP contribution < -0.4 is 0 Å². The molecule has 2 nitrogen and oxygen atoms in total. The highest BCUT2D eigenvalue weighted by atomic mass is 35.5. The number of carbonyl (C=O) groups excluding carboxylic acids is 1. The van der Waals surface area contributed by atoms with Crippen LogP contribution in [-0.4, -0.2) is 17.9 Å². The Labute approximate surface area is 117 Å². The predicted octanol–water partition coefficient (Wildman–Crippen LogP) is 3.80. The highest BCUT2D eigenvalue weighted by Crippen LogP contribution is 2.48. The Morgan fingerprint density at radius 3 is 2.83 bits per heavy atom. The lowest BCUT2D eigenvalue weighted by Crippen LogP contribution is -2.34. The Kier molecular flexibility index (Phi) is 3.37. The zero-order chi connectivity index (χ0) is 12.7. The van der Waals surface area contributed by atoms with Crippen LogP contribution in [0.25, 0.3) is 0 Å². The SMILES string of the molecule is CN(Cc1ccc(Cl)s1)C(=O)C1CC2CCC1C2. The first kappa shape index (κ1) is 12.5. The van der Waals surface area contributed by atoms with Gasteiger partial charge in [-0.15, -0.1) is 11.3 Å². The van der Waals surface area contributed by atoms with E-state index in [4.69, 9.17) is 11.6 Å². The van der Waals surface area contributed by atoms with Gasteiger partial charge < -0.3 is 4.90 Å². The molecule has 3 atom stereocenters. The van der Waals surface area contributed by atoms with Gasteiger partial charge in [-0.25, -0.2) is 0 Å². The number of carbonyl (C=O) groups is 1. The van der Waals surface area contributed by atoms with Gasteiger partial charge in [-0.2, -0.15) is 0 Å². The van der Waals surface area contributed by atoms with Gasteiger partial charge in [0.1, 0.15) is 0 Å². The van der Waals surface area contributed by atoms with Crippen LogP contribution in [0, 0.1) is 17.8 Å². The lowest BCUT2D eigenvalue weighted by atomic mass is 9.88. The van der Waals surface area contributed by atoms with Gasteiger partial charge in [0.05, 0.1) is 10.9 Å². The molecule has 18 heavy (non-hydrogen) atoms. The molecule has 2 aliphatic carbocycles. The van der Waals surface area contributed by atoms with Gasteiger partial charge in [-0.05, 0) is 43.2 Å². The second-order valence-corrected chi connectivity index (χ2v) is 7.48. The van der Waals surface area contributed by atoms with Gasteiger partial charge in [0.2, 0.25) is 5.91 Å². The fraction of sp³-hybridized carbons (Fsp3) is 0.643. The minimum Gasteiger partial charge on any atom is -0.340 e. The van der Waals surface area contributed by atoms with Crippen molar-refractivity contribution in [2.75, 3.05) is 7.05 Å². The molecule has 0 spiro atoms. The molecule has 1 aromatic rings. The normalized spacial score (nSPS) is 29.8. The molecule has 3 rings (SSSR count). The Morgan fingerprint density at radius 1 is 1.44 bits per heavy atom. The minimum absolute atomic E-state index is 0.296. The highest BCUT2D eigenvalue weighted by Gasteiger charge is 2.43. The van der Waals surface area contributed by atoms with Crippen LogP contribution in [0.3, 0.4) is 0 Å². The molecular formula is C14H18ClNOS. The molecule has 2 bridgehead atoms. The third kappa shape index (κ3) is 2.30. The molecule has 2 saturated carbocycles. The number of thiophene rings is 1. The fourth-order valence-corrected chi connectivity index (χ4v) is 4.72. The molecule has 0 aliphatic heterocycles. The van der Waals surface area contributed by atoms with Crippen molar-refractivity contribution in [3.8, 4) is 0 Å². The first-order valence-electron chi connectivity index (χ1n) is 6.62. The largest absolute Gasteiger partial charge is 0.340 e. The van der Waals surface area contributed by atoms with E-state index in [1.165, 1.54) is 24.1 Å². The molecular weight excluding hydrogens is 266 g/mol. The number of amides is 1. The first-order chi connectivity index (χ1) is 8.63. The van der Waals surface area contributed by atoms with Crippen molar-refractivity contribution in [1.82, 2.24) is 4.90 Å². The second kappa shape index (κ2) is 4.86. The van der Waals surface area contributed by atoms with E-state index in [-0.39, 0.29) is 0 Å². The van der Waals surface area contributed by atoms with Crippen LogP contribution in [0.4, 0.5) is 0 Å². The minimum atomic E-state index is 0.296. The van der Waals surface area contributed by atoms with Crippen LogP contribution in [0.15, 0.2) is 12.1 Å². The summed E-state index contributed by atoms with van der Waals surface area (Å²) in [5, 5.41) is 0. The van der Waals surface area contributed by atoms with Gasteiger partial charge in [0.15, 0.2) is 0 Å². The fourth-order valence-electron chi connectivity index (χ4n) is 3.58. The quantitative estimate of drug-likeness (QED) is 0.826. The zero-order valence-electron chi connectivity index (χ0n) is 10.6. The summed E-state index contributed by atoms with van der Waals surface area (Å²) in [6, 6.07) is 3.91. The molecule has 1 aromatic heterocycles. The summed E-state index contributed by atoms with van der Waals surface area (Å²) in [5.41, 5.74) is 0. The zero-order valence-corrected chi connectivity index (χ0v) is 12.1. The van der Waals surface area contributed by atoms with Crippen LogP contribution in [0.5, 0.6) is 0 Å². The molecule has 3 unspecified atom stereocenters. The maximum atomic E-state index is 12.4. The lowest BCUT2D eigenvalue weighted by molar-refractivity contribution is -0.136. The van der Waals surface area contributed by atoms with Gasteiger partial charge in [-0.1, -0.05) is 18.0 Å². The molecule has 0 radical (unpaired) electrons. The number of hydrogen-bond acceptors (Lipinski definition) is 2. The van der Waals surface area contributed by atoms with E-state index in [2.05, 4.69) is 0 Å². The average molecular weight is 284 g/mol. The summed E-state index contributed by atoms with van der Waals surface area (Å²) >= 11 is 7.48. The molecule has 0 N–H and O–H groups in total. The maximum Gasteiger partial charge on any atom is 0.226 e. The topological polar surface area (TPSA) is 20.3 Å². The summed E-state index contributed by atoms with van der Waals surface area (Å²) in [4.78, 5) is 15.5. The van der Waals surface area contributed by atoms with Crippen molar-refractivity contribution in [3.05, 3.63) is 21.3 Å². The van der Waals surface area contributed by atoms with Gasteiger partial charge in [-0.3, -0.25) is 4.79 Å². The Morgan fingerprint density at radius 2 is 2.28 bits per heavy atom. The highest BCUT2D eigenvalue weighted by molar-refractivity contribution is 7.16. The Hall–Kier alpha value is -0.540. The standard InChI is InChI=1S/C14H18ClNOS/c1-16(8-11-4-5-13(15)18-11)14(17)12-7-9-2-3-10(12)6-9/h4-5,9-10,12H,2-3,6-8H2,1H3. The van der Waals surface area contributed by atoms with Crippen molar-refractivity contribution >= 4 is 28.8 Å². The number of hydrogen-bond donors (Lipinski definition) is 0. The Balaban J connectivity index is 1.62. The van der Waals surface area contributed by atoms with Crippen molar-refractivity contribution in [2.45, 2.75) is 32.2 Å². The third-order valence-electron chi connectivity index (χ3n) is 4.45. The summed E-state index contributed by atoms with van der Waals surface area (Å²) in [7, 11) is 1.92. The summed E-state index contributed by atoms with van der Waals surface area (Å²) in [6.07, 6.45) is 5.02. The average Bonchev–Trinajstić information content (AvgIpc) is 3.04. The first-order valence-corrected chi connectivity index (χ1v) is 7.82. The van der Waals surface area contributed by atoms with Gasteiger partial charge in [0.25, 0.3) is 0 Å². The lowest BCUT2D eigenvalue weighted by Gasteiger charge is -2.26. The molecule has 4 heteroatoms. The molecule has 2 fully saturated rings. The number of fused-ring (bicyclic) bond motifs is 2. The van der Waals surface area contributed by atoms with Gasteiger partial charge in [0, 0.05) is 17.8 Å². The van der Waals surface area contributed by atoms with E-state index in [1.807, 2.05) is 24.1 Å². The summed E-state index contributed by atoms with van der Waals surface area (Å²) in [6.45, 7) is 0.699. The molecule has 2 aliphatic rings. The monoisotopic (exact) mass is 283 g/mol. The second-order valence-electron chi connectivity index (χ2n) is 5.68. The van der Waals surface area contributed by atoms with Crippen LogP contribution >= 0.6 is 22.9 Å². The Bertz CT molecular complexity index is 458. The number of halogens is 1. The third-order valence-corrected chi connectivity index (χ3v) is 5.67. The van der Waals surface area contributed by atoms with E-state index >= 15 is 0 Å². The molecule has 0 saturated heterocycles. The van der Waals surface area contributed by atoms with Crippen molar-refractivity contribution in [3.63, 3.8) is 0 Å². The van der Waals surface area contributed by atoms with Gasteiger partial charge >= 0.3 is 0 Å². The van der Waals surface area contributed by atoms with Crippen LogP contribution in [0.2, 0.25) is 4.34 Å². The van der Waals surface area contributed by atoms with Crippen LogP contribution in [0.1, 0.15) is 30.6 Å². The van der Waals surface area contributed by atoms with E-state index in [9.17, 15) is 4.79 Å². The number of rotatable bonds is 3. The molecule has 0 aromatic carbocycles. The van der Waals surface area contributed by atoms with Crippen molar-refractivity contribution in [2.24, 2.45) is 17.8 Å². The molecule has 98 valence electrons. The summed E-state index contributed by atoms with van der Waals surface area (Å²) in [5.74, 6) is 2.13. The van der Waals surface area contributed by atoms with Crippen LogP contribution in [-0.2, 0) is 11.3 Å². The predicted molar refractivity (Wildman–Crippen MR) is 74.7 cm³/mol. The van der Waals surface area contributed by atoms with Crippen molar-refractivity contribution < 1.29 is 4.79 Å². The van der Waals surface area contributed by atoms with E-state index in [0.29, 0.717) is 24.3 Å². The van der Waals surface area contributed by atoms with Crippen molar-refractivity contribution in [1.29, 1.82) is 0 Å². The maximum absolute atomic E-state index is 12.4. The van der Waals surface area contributed by atoms with E-state index < -0.39 is 0 Å². The molecule has 1 amide bonds. The summed E-state index contributed by atoms with van der Waals surface area (Å²) < 4.78 is 0.797. The number of nitrogens with zero attached hydrogens (tertiary/aromatic N) is 1. The van der Waals surface area contributed by atoms with E-state index in [1.54, 1.807) is 11.3 Å². The smallest absolute Gasteiger partial charge is 0.226 e.